The molecule has 0 bridgehead atoms. The Morgan fingerprint density at radius 2 is 1.59 bits per heavy atom. The number of likely N-dealkylation sites (tertiary alicyclic amines) is 1. The van der Waals surface area contributed by atoms with E-state index < -0.39 is 11.3 Å². The number of allylic oxidation sites excluding steroid dienone is 1. The van der Waals surface area contributed by atoms with E-state index >= 15 is 0 Å². The summed E-state index contributed by atoms with van der Waals surface area (Å²) in [6.45, 7) is 2.98. The molecule has 0 saturated carbocycles. The van der Waals surface area contributed by atoms with Crippen LogP contribution in [-0.4, -0.2) is 51.8 Å². The van der Waals surface area contributed by atoms with Gasteiger partial charge >= 0.3 is 0 Å². The minimum Gasteiger partial charge on any atom is -0.369 e. The van der Waals surface area contributed by atoms with E-state index in [9.17, 15) is 9.59 Å². The number of carbonyl (C=O) groups excluding carboxylic acids is 2. The van der Waals surface area contributed by atoms with Gasteiger partial charge in [0.1, 0.15) is 11.1 Å². The van der Waals surface area contributed by atoms with Crippen LogP contribution in [0.2, 0.25) is 0 Å². The molecule has 10 nitrogen and oxygen atoms in total. The van der Waals surface area contributed by atoms with Gasteiger partial charge in [0, 0.05) is 43.7 Å². The number of aliphatic imine (C=N–C) groups is 1. The lowest BCUT2D eigenvalue weighted by molar-refractivity contribution is -0.121. The van der Waals surface area contributed by atoms with Crippen molar-refractivity contribution in [2.75, 3.05) is 13.1 Å². The van der Waals surface area contributed by atoms with Crippen LogP contribution in [0.25, 0.3) is 0 Å². The highest BCUT2D eigenvalue weighted by Crippen LogP contribution is 2.31. The van der Waals surface area contributed by atoms with Gasteiger partial charge < -0.3 is 11.1 Å². The van der Waals surface area contributed by atoms with E-state index in [4.69, 9.17) is 16.3 Å². The highest BCUT2D eigenvalue weighted by molar-refractivity contribution is 6.07. The smallest absolute Gasteiger partial charge is 0.269 e. The summed E-state index contributed by atoms with van der Waals surface area (Å²) in [5.41, 5.74) is 8.87. The molecule has 2 aliphatic heterocycles. The second-order valence-electron chi connectivity index (χ2n) is 10.5. The number of aromatic nitrogens is 2. The van der Waals surface area contributed by atoms with Crippen LogP contribution in [0.15, 0.2) is 77.7 Å². The Morgan fingerprint density at radius 3 is 2.12 bits per heavy atom. The Hall–Kier alpha value is -5.06. The third-order valence-corrected chi connectivity index (χ3v) is 7.70. The lowest BCUT2D eigenvalue weighted by Crippen LogP contribution is -2.46. The van der Waals surface area contributed by atoms with Crippen LogP contribution in [0.1, 0.15) is 47.1 Å². The fourth-order valence-corrected chi connectivity index (χ4v) is 5.18. The summed E-state index contributed by atoms with van der Waals surface area (Å²) in [6.07, 6.45) is 8.35. The van der Waals surface area contributed by atoms with Crippen molar-refractivity contribution in [2.24, 2.45) is 10.7 Å². The van der Waals surface area contributed by atoms with Crippen LogP contribution >= 0.6 is 0 Å². The number of nitrogens with zero attached hydrogens (tertiary/aromatic N) is 6. The molecule has 3 heterocycles. The van der Waals surface area contributed by atoms with Crippen LogP contribution in [0, 0.1) is 22.7 Å². The summed E-state index contributed by atoms with van der Waals surface area (Å²) in [5.74, 6) is -0.828. The monoisotopic (exact) mass is 546 g/mol. The third-order valence-electron chi connectivity index (χ3n) is 7.70. The highest BCUT2D eigenvalue weighted by Gasteiger charge is 2.40. The topological polar surface area (TPSA) is 153 Å². The molecule has 0 radical (unpaired) electrons. The zero-order chi connectivity index (χ0) is 28.8. The second kappa shape index (κ2) is 12.0. The average molecular weight is 547 g/mol. The Morgan fingerprint density at radius 1 is 0.976 bits per heavy atom. The predicted octanol–water partition coefficient (Wildman–Crippen LogP) is 2.54. The molecule has 10 heteroatoms. The number of hydrogen-bond donors (Lipinski definition) is 2. The fraction of sp³-hybridized carbons (Fsp3) is 0.290. The van der Waals surface area contributed by atoms with E-state index in [1.165, 1.54) is 6.21 Å². The van der Waals surface area contributed by atoms with Gasteiger partial charge in [-0.05, 0) is 54.7 Å². The van der Waals surface area contributed by atoms with Crippen molar-refractivity contribution in [3.05, 3.63) is 101 Å². The van der Waals surface area contributed by atoms with Gasteiger partial charge in [-0.2, -0.15) is 15.6 Å². The van der Waals surface area contributed by atoms with Crippen LogP contribution in [0.5, 0.6) is 0 Å². The van der Waals surface area contributed by atoms with Crippen LogP contribution in [0.3, 0.4) is 0 Å². The Labute approximate surface area is 238 Å². The summed E-state index contributed by atoms with van der Waals surface area (Å²) in [6, 6.07) is 19.1. The van der Waals surface area contributed by atoms with Gasteiger partial charge in [0.25, 0.3) is 5.91 Å². The van der Waals surface area contributed by atoms with Gasteiger partial charge in [0.15, 0.2) is 0 Å². The summed E-state index contributed by atoms with van der Waals surface area (Å²) >= 11 is 0. The molecular weight excluding hydrogens is 516 g/mol. The molecule has 2 amide bonds. The number of amides is 2. The minimum absolute atomic E-state index is 0.0408. The van der Waals surface area contributed by atoms with Crippen molar-refractivity contribution in [3.63, 3.8) is 0 Å². The lowest BCUT2D eigenvalue weighted by Gasteiger charge is -2.32. The summed E-state index contributed by atoms with van der Waals surface area (Å²) in [5, 5.41) is 25.4. The van der Waals surface area contributed by atoms with E-state index in [1.807, 2.05) is 36.4 Å². The number of nitriles is 2. The molecule has 2 aliphatic rings. The molecule has 3 N–H and O–H groups in total. The van der Waals surface area contributed by atoms with E-state index in [0.29, 0.717) is 23.2 Å². The van der Waals surface area contributed by atoms with Crippen LogP contribution in [-0.2, 0) is 28.1 Å². The van der Waals surface area contributed by atoms with Gasteiger partial charge in [0.2, 0.25) is 5.91 Å². The quantitative estimate of drug-likeness (QED) is 0.443. The van der Waals surface area contributed by atoms with Gasteiger partial charge in [0.05, 0.1) is 36.0 Å². The average Bonchev–Trinajstić information content (AvgIpc) is 3.47. The number of benzene rings is 2. The van der Waals surface area contributed by atoms with Gasteiger partial charge in [-0.25, -0.2) is 0 Å². The van der Waals surface area contributed by atoms with E-state index in [1.54, 1.807) is 35.3 Å². The number of primary amides is 1. The van der Waals surface area contributed by atoms with Crippen molar-refractivity contribution in [1.82, 2.24) is 20.0 Å². The number of carbonyl (C=O) groups is 2. The van der Waals surface area contributed by atoms with Crippen molar-refractivity contribution >= 4 is 18.0 Å². The predicted molar refractivity (Wildman–Crippen MR) is 152 cm³/mol. The number of rotatable bonds is 8. The number of nitrogens with one attached hydrogen (secondary N) is 1. The molecule has 1 aromatic heterocycles. The van der Waals surface area contributed by atoms with Gasteiger partial charge in [-0.15, -0.1) is 0 Å². The van der Waals surface area contributed by atoms with E-state index in [2.05, 4.69) is 32.4 Å². The summed E-state index contributed by atoms with van der Waals surface area (Å²) in [7, 11) is 0. The highest BCUT2D eigenvalue weighted by atomic mass is 16.2. The number of piperidine rings is 1. The molecule has 1 unspecified atom stereocenters. The lowest BCUT2D eigenvalue weighted by atomic mass is 9.78. The molecule has 1 atom stereocenters. The maximum Gasteiger partial charge on any atom is 0.269 e. The molecule has 5 rings (SSSR count). The summed E-state index contributed by atoms with van der Waals surface area (Å²) < 4.78 is 1.70. The Balaban J connectivity index is 1.16. The molecule has 1 fully saturated rings. The maximum absolute atomic E-state index is 13.0. The first-order valence-electron chi connectivity index (χ1n) is 13.5. The normalized spacial score (nSPS) is 19.1. The molecule has 3 aromatic rings. The largest absolute Gasteiger partial charge is 0.369 e. The third kappa shape index (κ3) is 6.24. The van der Waals surface area contributed by atoms with E-state index in [0.717, 1.165) is 43.6 Å². The van der Waals surface area contributed by atoms with Crippen molar-refractivity contribution < 1.29 is 9.59 Å². The number of hydrogen-bond acceptors (Lipinski definition) is 7. The van der Waals surface area contributed by atoms with Crippen molar-refractivity contribution in [1.29, 1.82) is 10.5 Å². The molecule has 2 aromatic carbocycles. The standard InChI is InChI=1S/C31H30N8O2/c32-15-22-1-5-24(6-2-22)18-38-13-10-27(11-14-38)37-29(40)28-9-12-31(21-35-28,30(34)41)26-17-36-39(20-26)19-25-7-3-23(16-33)4-8-25/h1-9,17,20-21,27H,10-14,18-19H2,(H2,34,41)(H,37,40). The first-order chi connectivity index (χ1) is 19.9. The summed E-state index contributed by atoms with van der Waals surface area (Å²) in [4.78, 5) is 32.3. The van der Waals surface area contributed by atoms with Gasteiger partial charge in [-0.3, -0.25) is 24.2 Å². The van der Waals surface area contributed by atoms with Crippen molar-refractivity contribution in [2.45, 2.75) is 43.8 Å². The molecule has 206 valence electrons. The maximum atomic E-state index is 13.0. The molecule has 0 aliphatic carbocycles. The first-order valence-corrected chi connectivity index (χ1v) is 13.5. The molecular formula is C31H30N8O2. The minimum atomic E-state index is -1.19. The SMILES string of the molecule is N#Cc1ccc(CN2CCC(NC(=O)C3=CCC(C(N)=O)(c4cnn(Cc5ccc(C#N)cc5)c4)C=N3)CC2)cc1. The van der Waals surface area contributed by atoms with E-state index in [-0.39, 0.29) is 24.1 Å². The van der Waals surface area contributed by atoms with Gasteiger partial charge in [-0.1, -0.05) is 30.3 Å². The zero-order valence-electron chi connectivity index (χ0n) is 22.5. The van der Waals surface area contributed by atoms with Crippen molar-refractivity contribution in [3.8, 4) is 12.1 Å². The van der Waals surface area contributed by atoms with Crippen LogP contribution in [0.4, 0.5) is 0 Å². The molecule has 41 heavy (non-hydrogen) atoms. The zero-order valence-corrected chi connectivity index (χ0v) is 22.5. The first kappa shape index (κ1) is 27.5. The Bertz CT molecular complexity index is 1570. The second-order valence-corrected chi connectivity index (χ2v) is 10.5. The molecule has 1 saturated heterocycles. The molecule has 0 spiro atoms. The number of nitrogens with two attached hydrogens (primary N) is 1. The fourth-order valence-electron chi connectivity index (χ4n) is 5.18. The van der Waals surface area contributed by atoms with Crippen LogP contribution < -0.4 is 11.1 Å². The Kier molecular flexibility index (Phi) is 8.04.